The van der Waals surface area contributed by atoms with Crippen molar-refractivity contribution in [3.8, 4) is 0 Å². The lowest BCUT2D eigenvalue weighted by Gasteiger charge is -2.25. The van der Waals surface area contributed by atoms with Crippen LogP contribution < -0.4 is 5.32 Å². The summed E-state index contributed by atoms with van der Waals surface area (Å²) in [5.41, 5.74) is 0.481. The summed E-state index contributed by atoms with van der Waals surface area (Å²) in [5.74, 6) is -0.252. The van der Waals surface area contributed by atoms with Gasteiger partial charge in [0, 0.05) is 29.1 Å². The smallest absolute Gasteiger partial charge is 0.254 e. The molecule has 7 nitrogen and oxygen atoms in total. The molecule has 162 valence electrons. The van der Waals surface area contributed by atoms with E-state index in [2.05, 4.69) is 10.3 Å². The van der Waals surface area contributed by atoms with E-state index in [-0.39, 0.29) is 16.7 Å². The molecule has 1 N–H and O–H groups in total. The van der Waals surface area contributed by atoms with Crippen LogP contribution in [0, 0.1) is 0 Å². The van der Waals surface area contributed by atoms with Gasteiger partial charge in [-0.3, -0.25) is 4.79 Å². The predicted molar refractivity (Wildman–Crippen MR) is 120 cm³/mol. The van der Waals surface area contributed by atoms with Crippen LogP contribution in [0.25, 0.3) is 0 Å². The van der Waals surface area contributed by atoms with Crippen LogP contribution in [0.3, 0.4) is 0 Å². The van der Waals surface area contributed by atoms with Crippen molar-refractivity contribution in [3.05, 3.63) is 71.2 Å². The molecule has 0 bridgehead atoms. The molecule has 0 radical (unpaired) electrons. The van der Waals surface area contributed by atoms with E-state index in [0.717, 1.165) is 9.77 Å². The Morgan fingerprint density at radius 3 is 2.65 bits per heavy atom. The summed E-state index contributed by atoms with van der Waals surface area (Å²) in [7, 11) is -3.53. The van der Waals surface area contributed by atoms with Crippen molar-refractivity contribution in [2.45, 2.75) is 20.7 Å². The Morgan fingerprint density at radius 2 is 1.87 bits per heavy atom. The first-order valence-corrected chi connectivity index (χ1v) is 12.7. The third-order valence-electron chi connectivity index (χ3n) is 4.60. The average Bonchev–Trinajstić information content (AvgIpc) is 3.29. The standard InChI is InChI=1S/C21H21N3O4S3/c25-20(18-7-4-10-22-21(18)30-16-5-2-1-3-6-16)23-15-17-8-9-19(29-17)31(26,27)24-11-13-28-14-12-24/h1-10H,11-15H2,(H,23,25). The van der Waals surface area contributed by atoms with Crippen LogP contribution in [-0.2, 0) is 21.3 Å². The molecule has 0 saturated carbocycles. The van der Waals surface area contributed by atoms with Gasteiger partial charge >= 0.3 is 0 Å². The SMILES string of the molecule is O=C(NCc1ccc(S(=O)(=O)N2CCOCC2)s1)c1cccnc1Sc1ccccc1. The van der Waals surface area contributed by atoms with E-state index in [1.165, 1.54) is 27.4 Å². The molecule has 1 fully saturated rings. The van der Waals surface area contributed by atoms with E-state index in [4.69, 9.17) is 4.74 Å². The number of carbonyl (C=O) groups is 1. The number of aromatic nitrogens is 1. The van der Waals surface area contributed by atoms with Crippen LogP contribution in [0.5, 0.6) is 0 Å². The predicted octanol–water partition coefficient (Wildman–Crippen LogP) is 3.25. The lowest BCUT2D eigenvalue weighted by atomic mass is 10.2. The summed E-state index contributed by atoms with van der Waals surface area (Å²) < 4.78 is 32.5. The number of amides is 1. The molecule has 1 saturated heterocycles. The average molecular weight is 476 g/mol. The molecule has 31 heavy (non-hydrogen) atoms. The first-order chi connectivity index (χ1) is 15.0. The fraction of sp³-hybridized carbons (Fsp3) is 0.238. The summed E-state index contributed by atoms with van der Waals surface area (Å²) in [6.07, 6.45) is 1.66. The van der Waals surface area contributed by atoms with Crippen molar-refractivity contribution in [2.75, 3.05) is 26.3 Å². The summed E-state index contributed by atoms with van der Waals surface area (Å²) in [6.45, 7) is 1.76. The number of rotatable bonds is 7. The Balaban J connectivity index is 1.42. The van der Waals surface area contributed by atoms with E-state index >= 15 is 0 Å². The van der Waals surface area contributed by atoms with Gasteiger partial charge in [0.25, 0.3) is 15.9 Å². The zero-order chi connectivity index (χ0) is 21.7. The molecule has 0 atom stereocenters. The second kappa shape index (κ2) is 9.92. The maximum absolute atomic E-state index is 12.8. The fourth-order valence-corrected chi connectivity index (χ4v) is 6.77. The van der Waals surface area contributed by atoms with Crippen LogP contribution in [0.4, 0.5) is 0 Å². The minimum absolute atomic E-state index is 0.243. The minimum atomic E-state index is -3.53. The highest BCUT2D eigenvalue weighted by molar-refractivity contribution is 7.99. The lowest BCUT2D eigenvalue weighted by Crippen LogP contribution is -2.40. The topological polar surface area (TPSA) is 88.6 Å². The van der Waals surface area contributed by atoms with Crippen LogP contribution in [0.15, 0.2) is 74.9 Å². The van der Waals surface area contributed by atoms with Crippen LogP contribution in [0.2, 0.25) is 0 Å². The minimum Gasteiger partial charge on any atom is -0.379 e. The number of ether oxygens (including phenoxy) is 1. The highest BCUT2D eigenvalue weighted by Gasteiger charge is 2.27. The number of carbonyl (C=O) groups excluding carboxylic acids is 1. The first-order valence-electron chi connectivity index (χ1n) is 9.67. The highest BCUT2D eigenvalue weighted by atomic mass is 32.2. The van der Waals surface area contributed by atoms with E-state index in [1.54, 1.807) is 30.5 Å². The number of hydrogen-bond donors (Lipinski definition) is 1. The maximum atomic E-state index is 12.8. The number of morpholine rings is 1. The van der Waals surface area contributed by atoms with Gasteiger partial charge in [-0.2, -0.15) is 4.31 Å². The number of thiophene rings is 1. The fourth-order valence-electron chi connectivity index (χ4n) is 3.01. The van der Waals surface area contributed by atoms with Gasteiger partial charge < -0.3 is 10.1 Å². The normalized spacial score (nSPS) is 15.0. The molecule has 1 amide bonds. The van der Waals surface area contributed by atoms with Gasteiger partial charge in [-0.1, -0.05) is 30.0 Å². The van der Waals surface area contributed by atoms with Gasteiger partial charge in [-0.05, 0) is 36.4 Å². The van der Waals surface area contributed by atoms with Crippen molar-refractivity contribution in [1.29, 1.82) is 0 Å². The van der Waals surface area contributed by atoms with Crippen LogP contribution in [-0.4, -0.2) is 49.9 Å². The Kier molecular flexibility index (Phi) is 7.03. The van der Waals surface area contributed by atoms with Crippen molar-refractivity contribution in [2.24, 2.45) is 0 Å². The van der Waals surface area contributed by atoms with Gasteiger partial charge in [0.05, 0.1) is 25.3 Å². The van der Waals surface area contributed by atoms with Gasteiger partial charge in [0.15, 0.2) is 0 Å². The number of sulfonamides is 1. The van der Waals surface area contributed by atoms with Crippen LogP contribution >= 0.6 is 23.1 Å². The number of pyridine rings is 1. The summed E-state index contributed by atoms with van der Waals surface area (Å²) in [6, 6.07) is 16.5. The molecule has 1 aromatic carbocycles. The molecule has 3 heterocycles. The summed E-state index contributed by atoms with van der Waals surface area (Å²) in [4.78, 5) is 18.9. The number of nitrogens with one attached hydrogen (secondary N) is 1. The van der Waals surface area contributed by atoms with Crippen molar-refractivity contribution < 1.29 is 17.9 Å². The van der Waals surface area contributed by atoms with Gasteiger partial charge in [-0.15, -0.1) is 11.3 Å². The van der Waals surface area contributed by atoms with Gasteiger partial charge in [0.2, 0.25) is 0 Å². The highest BCUT2D eigenvalue weighted by Crippen LogP contribution is 2.29. The lowest BCUT2D eigenvalue weighted by molar-refractivity contribution is 0.0731. The zero-order valence-electron chi connectivity index (χ0n) is 16.6. The second-order valence-corrected chi connectivity index (χ2v) is 11.1. The number of hydrogen-bond acceptors (Lipinski definition) is 7. The Hall–Kier alpha value is -2.24. The Labute approximate surface area is 189 Å². The quantitative estimate of drug-likeness (QED) is 0.564. The summed E-state index contributed by atoms with van der Waals surface area (Å²) in [5, 5.41) is 3.49. The molecule has 3 aromatic rings. The third-order valence-corrected chi connectivity index (χ3v) is 9.08. The monoisotopic (exact) mass is 475 g/mol. The summed E-state index contributed by atoms with van der Waals surface area (Å²) >= 11 is 2.59. The van der Waals surface area contributed by atoms with Crippen LogP contribution in [0.1, 0.15) is 15.2 Å². The van der Waals surface area contributed by atoms with E-state index in [1.807, 2.05) is 30.3 Å². The maximum Gasteiger partial charge on any atom is 0.254 e. The molecule has 0 aliphatic carbocycles. The molecule has 1 aliphatic rings. The largest absolute Gasteiger partial charge is 0.379 e. The first kappa shape index (κ1) is 22.0. The number of benzene rings is 1. The molecular formula is C21H21N3O4S3. The molecule has 0 unspecified atom stereocenters. The second-order valence-electron chi connectivity index (χ2n) is 6.69. The van der Waals surface area contributed by atoms with Crippen molar-refractivity contribution >= 4 is 39.0 Å². The molecule has 2 aromatic heterocycles. The van der Waals surface area contributed by atoms with E-state index in [9.17, 15) is 13.2 Å². The number of nitrogens with zero attached hydrogens (tertiary/aromatic N) is 2. The Morgan fingerprint density at radius 1 is 1.10 bits per heavy atom. The third kappa shape index (κ3) is 5.34. The van der Waals surface area contributed by atoms with Crippen molar-refractivity contribution in [1.82, 2.24) is 14.6 Å². The molecule has 4 rings (SSSR count). The molecule has 10 heteroatoms. The van der Waals surface area contributed by atoms with Gasteiger partial charge in [0.1, 0.15) is 9.24 Å². The van der Waals surface area contributed by atoms with Gasteiger partial charge in [-0.25, -0.2) is 13.4 Å². The zero-order valence-corrected chi connectivity index (χ0v) is 19.0. The Bertz CT molecular complexity index is 1140. The van der Waals surface area contributed by atoms with E-state index in [0.29, 0.717) is 36.9 Å². The molecule has 1 aliphatic heterocycles. The van der Waals surface area contributed by atoms with Crippen molar-refractivity contribution in [3.63, 3.8) is 0 Å². The van der Waals surface area contributed by atoms with E-state index < -0.39 is 10.0 Å². The molecular weight excluding hydrogens is 454 g/mol. The molecule has 0 spiro atoms.